The van der Waals surface area contributed by atoms with Gasteiger partial charge >= 0.3 is 0 Å². The summed E-state index contributed by atoms with van der Waals surface area (Å²) in [5.41, 5.74) is 5.75. The van der Waals surface area contributed by atoms with Gasteiger partial charge in [0.05, 0.1) is 0 Å². The SMILES string of the molecule is NCC(CC(=O)N1CCCC1)NCCC1CCC1. The molecule has 4 nitrogen and oxygen atoms in total. The van der Waals surface area contributed by atoms with Crippen molar-refractivity contribution in [3.63, 3.8) is 0 Å². The molecule has 18 heavy (non-hydrogen) atoms. The lowest BCUT2D eigenvalue weighted by molar-refractivity contribution is -0.130. The molecule has 1 saturated heterocycles. The van der Waals surface area contributed by atoms with Gasteiger partial charge in [0.25, 0.3) is 0 Å². The topological polar surface area (TPSA) is 58.4 Å². The van der Waals surface area contributed by atoms with Gasteiger partial charge in [-0.1, -0.05) is 19.3 Å². The van der Waals surface area contributed by atoms with Crippen LogP contribution in [-0.4, -0.2) is 43.0 Å². The largest absolute Gasteiger partial charge is 0.343 e. The van der Waals surface area contributed by atoms with Crippen molar-refractivity contribution in [2.45, 2.75) is 51.0 Å². The van der Waals surface area contributed by atoms with Gasteiger partial charge in [-0.3, -0.25) is 4.79 Å². The molecular formula is C14H27N3O. The van der Waals surface area contributed by atoms with E-state index < -0.39 is 0 Å². The van der Waals surface area contributed by atoms with E-state index in [1.54, 1.807) is 0 Å². The zero-order valence-corrected chi connectivity index (χ0v) is 11.4. The number of nitrogens with zero attached hydrogens (tertiary/aromatic N) is 1. The molecule has 104 valence electrons. The summed E-state index contributed by atoms with van der Waals surface area (Å²) in [7, 11) is 0. The number of nitrogens with one attached hydrogen (secondary N) is 1. The van der Waals surface area contributed by atoms with Crippen molar-refractivity contribution >= 4 is 5.91 Å². The second-order valence-corrected chi connectivity index (χ2v) is 5.76. The van der Waals surface area contributed by atoms with Gasteiger partial charge in [0.1, 0.15) is 0 Å². The molecule has 1 atom stereocenters. The van der Waals surface area contributed by atoms with Gasteiger partial charge in [-0.15, -0.1) is 0 Å². The molecule has 3 N–H and O–H groups in total. The average Bonchev–Trinajstić information content (AvgIpc) is 2.84. The quantitative estimate of drug-likeness (QED) is 0.714. The maximum absolute atomic E-state index is 12.0. The highest BCUT2D eigenvalue weighted by atomic mass is 16.2. The zero-order chi connectivity index (χ0) is 12.8. The highest BCUT2D eigenvalue weighted by Gasteiger charge is 2.21. The van der Waals surface area contributed by atoms with Gasteiger partial charge in [-0.2, -0.15) is 0 Å². The number of hydrogen-bond donors (Lipinski definition) is 2. The first-order valence-corrected chi connectivity index (χ1v) is 7.51. The van der Waals surface area contributed by atoms with Gasteiger partial charge in [-0.25, -0.2) is 0 Å². The van der Waals surface area contributed by atoms with Crippen LogP contribution in [0.15, 0.2) is 0 Å². The molecule has 2 rings (SSSR count). The van der Waals surface area contributed by atoms with E-state index in [1.165, 1.54) is 25.7 Å². The van der Waals surface area contributed by atoms with Crippen LogP contribution in [0.3, 0.4) is 0 Å². The number of nitrogens with two attached hydrogens (primary N) is 1. The minimum absolute atomic E-state index is 0.165. The highest BCUT2D eigenvalue weighted by Crippen LogP contribution is 2.28. The maximum Gasteiger partial charge on any atom is 0.224 e. The second-order valence-electron chi connectivity index (χ2n) is 5.76. The van der Waals surface area contributed by atoms with E-state index in [9.17, 15) is 4.79 Å². The molecule has 0 radical (unpaired) electrons. The van der Waals surface area contributed by atoms with Crippen LogP contribution in [-0.2, 0) is 4.79 Å². The van der Waals surface area contributed by atoms with Gasteiger partial charge < -0.3 is 16.0 Å². The zero-order valence-electron chi connectivity index (χ0n) is 11.4. The Hall–Kier alpha value is -0.610. The number of likely N-dealkylation sites (tertiary alicyclic amines) is 1. The number of hydrogen-bond acceptors (Lipinski definition) is 3. The Labute approximate surface area is 110 Å². The molecule has 1 saturated carbocycles. The molecule has 2 fully saturated rings. The van der Waals surface area contributed by atoms with Crippen LogP contribution in [0.2, 0.25) is 0 Å². The molecule has 0 aromatic carbocycles. The van der Waals surface area contributed by atoms with Gasteiger partial charge in [0.15, 0.2) is 0 Å². The summed E-state index contributed by atoms with van der Waals surface area (Å²) in [6, 6.07) is 0.165. The molecular weight excluding hydrogens is 226 g/mol. The molecule has 1 aliphatic heterocycles. The van der Waals surface area contributed by atoms with E-state index in [1.807, 2.05) is 4.90 Å². The third-order valence-corrected chi connectivity index (χ3v) is 4.37. The summed E-state index contributed by atoms with van der Waals surface area (Å²) in [4.78, 5) is 14.0. The normalized spacial score (nSPS) is 21.9. The summed E-state index contributed by atoms with van der Waals surface area (Å²) in [6.07, 6.45) is 8.32. The Kier molecular flexibility index (Phi) is 5.45. The second kappa shape index (κ2) is 7.10. The Bertz CT molecular complexity index is 260. The van der Waals surface area contributed by atoms with E-state index in [4.69, 9.17) is 5.73 Å². The van der Waals surface area contributed by atoms with Gasteiger partial charge in [0.2, 0.25) is 5.91 Å². The maximum atomic E-state index is 12.0. The molecule has 2 aliphatic rings. The van der Waals surface area contributed by atoms with Crippen molar-refractivity contribution in [2.75, 3.05) is 26.2 Å². The predicted molar refractivity (Wildman–Crippen MR) is 73.2 cm³/mol. The van der Waals surface area contributed by atoms with Crippen LogP contribution in [0.5, 0.6) is 0 Å². The molecule has 4 heteroatoms. The van der Waals surface area contributed by atoms with Crippen molar-refractivity contribution < 1.29 is 4.79 Å². The number of rotatable bonds is 7. The fraction of sp³-hybridized carbons (Fsp3) is 0.929. The lowest BCUT2D eigenvalue weighted by atomic mass is 9.83. The third kappa shape index (κ3) is 3.95. The van der Waals surface area contributed by atoms with Crippen molar-refractivity contribution in [1.82, 2.24) is 10.2 Å². The fourth-order valence-corrected chi connectivity index (χ4v) is 2.82. The number of carbonyl (C=O) groups is 1. The Balaban J connectivity index is 1.62. The Morgan fingerprint density at radius 2 is 2.00 bits per heavy atom. The molecule has 1 aliphatic carbocycles. The van der Waals surface area contributed by atoms with E-state index in [0.717, 1.165) is 38.4 Å². The van der Waals surface area contributed by atoms with Crippen molar-refractivity contribution in [3.05, 3.63) is 0 Å². The Morgan fingerprint density at radius 1 is 1.28 bits per heavy atom. The first-order valence-electron chi connectivity index (χ1n) is 7.51. The fourth-order valence-electron chi connectivity index (χ4n) is 2.82. The standard InChI is InChI=1S/C14H27N3O/c15-11-13(16-7-6-12-4-3-5-12)10-14(18)17-8-1-2-9-17/h12-13,16H,1-11,15H2. The van der Waals surface area contributed by atoms with E-state index in [-0.39, 0.29) is 11.9 Å². The van der Waals surface area contributed by atoms with Gasteiger partial charge in [-0.05, 0) is 31.7 Å². The summed E-state index contributed by atoms with van der Waals surface area (Å²) >= 11 is 0. The molecule has 0 bridgehead atoms. The predicted octanol–water partition coefficient (Wildman–Crippen LogP) is 1.11. The summed E-state index contributed by atoms with van der Waals surface area (Å²) in [5.74, 6) is 1.20. The number of amides is 1. The summed E-state index contributed by atoms with van der Waals surface area (Å²) in [5, 5.41) is 3.45. The molecule has 0 aromatic heterocycles. The smallest absolute Gasteiger partial charge is 0.224 e. The molecule has 0 spiro atoms. The van der Waals surface area contributed by atoms with Crippen LogP contribution < -0.4 is 11.1 Å². The number of carbonyl (C=O) groups excluding carboxylic acids is 1. The van der Waals surface area contributed by atoms with Crippen LogP contribution in [0.1, 0.15) is 44.9 Å². The van der Waals surface area contributed by atoms with Crippen LogP contribution >= 0.6 is 0 Å². The monoisotopic (exact) mass is 253 g/mol. The minimum Gasteiger partial charge on any atom is -0.343 e. The van der Waals surface area contributed by atoms with Crippen molar-refractivity contribution in [3.8, 4) is 0 Å². The first kappa shape index (κ1) is 13.8. The molecule has 1 unspecified atom stereocenters. The van der Waals surface area contributed by atoms with Gasteiger partial charge in [0, 0.05) is 32.1 Å². The molecule has 0 aromatic rings. The minimum atomic E-state index is 0.165. The van der Waals surface area contributed by atoms with E-state index >= 15 is 0 Å². The first-order chi connectivity index (χ1) is 8.79. The van der Waals surface area contributed by atoms with Crippen LogP contribution in [0, 0.1) is 5.92 Å². The third-order valence-electron chi connectivity index (χ3n) is 4.37. The van der Waals surface area contributed by atoms with E-state index in [2.05, 4.69) is 5.32 Å². The van der Waals surface area contributed by atoms with Crippen molar-refractivity contribution in [1.29, 1.82) is 0 Å². The average molecular weight is 253 g/mol. The summed E-state index contributed by atoms with van der Waals surface area (Å²) in [6.45, 7) is 3.46. The van der Waals surface area contributed by atoms with Crippen molar-refractivity contribution in [2.24, 2.45) is 11.7 Å². The summed E-state index contributed by atoms with van der Waals surface area (Å²) < 4.78 is 0. The molecule has 1 heterocycles. The Morgan fingerprint density at radius 3 is 2.56 bits per heavy atom. The van der Waals surface area contributed by atoms with E-state index in [0.29, 0.717) is 13.0 Å². The molecule has 1 amide bonds. The van der Waals surface area contributed by atoms with Crippen LogP contribution in [0.4, 0.5) is 0 Å². The lowest BCUT2D eigenvalue weighted by Crippen LogP contribution is -2.42. The van der Waals surface area contributed by atoms with Crippen LogP contribution in [0.25, 0.3) is 0 Å². The lowest BCUT2D eigenvalue weighted by Gasteiger charge is -2.27. The highest BCUT2D eigenvalue weighted by molar-refractivity contribution is 5.77.